The Hall–Kier alpha value is -1.10. The third-order valence-corrected chi connectivity index (χ3v) is 3.32. The average Bonchev–Trinajstić information content (AvgIpc) is 2.22. The van der Waals surface area contributed by atoms with Gasteiger partial charge in [0.25, 0.3) is 0 Å². The fourth-order valence-corrected chi connectivity index (χ4v) is 2.21. The second-order valence-electron chi connectivity index (χ2n) is 4.74. The van der Waals surface area contributed by atoms with Crippen molar-refractivity contribution in [3.8, 4) is 0 Å². The van der Waals surface area contributed by atoms with E-state index in [-0.39, 0.29) is 18.4 Å². The van der Waals surface area contributed by atoms with Crippen molar-refractivity contribution in [3.05, 3.63) is 35.6 Å². The lowest BCUT2D eigenvalue weighted by molar-refractivity contribution is -0.133. The molecular weight excluding hydrogens is 246 g/mol. The van der Waals surface area contributed by atoms with E-state index in [1.54, 1.807) is 12.1 Å². The van der Waals surface area contributed by atoms with Gasteiger partial charge in [-0.15, -0.1) is 0 Å². The summed E-state index contributed by atoms with van der Waals surface area (Å²) in [6.45, 7) is -0.0235. The van der Waals surface area contributed by atoms with Crippen molar-refractivity contribution in [1.29, 1.82) is 0 Å². The summed E-state index contributed by atoms with van der Waals surface area (Å²) in [6.07, 6.45) is -3.23. The maximum Gasteiger partial charge on any atom is 0.390 e. The summed E-state index contributed by atoms with van der Waals surface area (Å²) in [5.41, 5.74) is 1.06. The summed E-state index contributed by atoms with van der Waals surface area (Å²) < 4.78 is 48.5. The molecule has 1 fully saturated rings. The van der Waals surface area contributed by atoms with Crippen molar-refractivity contribution in [2.45, 2.75) is 37.4 Å². The van der Waals surface area contributed by atoms with Gasteiger partial charge in [0.1, 0.15) is 5.82 Å². The molecule has 1 nitrogen and oxygen atoms in total. The van der Waals surface area contributed by atoms with Gasteiger partial charge in [0.05, 0.1) is 6.42 Å². The Morgan fingerprint density at radius 3 is 2.28 bits per heavy atom. The third kappa shape index (κ3) is 3.70. The van der Waals surface area contributed by atoms with Crippen molar-refractivity contribution in [2.24, 2.45) is 0 Å². The van der Waals surface area contributed by atoms with Crippen LogP contribution in [0, 0.1) is 5.82 Å². The van der Waals surface area contributed by atoms with Crippen LogP contribution in [-0.2, 0) is 0 Å². The molecule has 0 aliphatic heterocycles. The van der Waals surface area contributed by atoms with Crippen LogP contribution in [0.2, 0.25) is 0 Å². The summed E-state index contributed by atoms with van der Waals surface area (Å²) in [5, 5.41) is 2.89. The van der Waals surface area contributed by atoms with E-state index in [1.165, 1.54) is 12.1 Å². The van der Waals surface area contributed by atoms with E-state index in [2.05, 4.69) is 5.32 Å². The Kier molecular flexibility index (Phi) is 3.90. The zero-order valence-electron chi connectivity index (χ0n) is 9.80. The van der Waals surface area contributed by atoms with Gasteiger partial charge in [0.15, 0.2) is 0 Å². The zero-order valence-corrected chi connectivity index (χ0v) is 9.80. The molecule has 0 radical (unpaired) electrons. The van der Waals surface area contributed by atoms with E-state index < -0.39 is 12.6 Å². The summed E-state index contributed by atoms with van der Waals surface area (Å²) in [7, 11) is 0. The van der Waals surface area contributed by atoms with Gasteiger partial charge in [-0.1, -0.05) is 12.1 Å². The van der Waals surface area contributed by atoms with Gasteiger partial charge in [-0.05, 0) is 36.5 Å². The van der Waals surface area contributed by atoms with Crippen LogP contribution in [0.4, 0.5) is 17.6 Å². The summed E-state index contributed by atoms with van der Waals surface area (Å²) in [4.78, 5) is 0. The molecular formula is C13H15F4N. The quantitative estimate of drug-likeness (QED) is 0.816. The van der Waals surface area contributed by atoms with Crippen LogP contribution in [0.1, 0.15) is 30.7 Å². The van der Waals surface area contributed by atoms with Gasteiger partial charge >= 0.3 is 6.18 Å². The minimum atomic E-state index is -4.09. The van der Waals surface area contributed by atoms with Crippen LogP contribution in [0.3, 0.4) is 0 Å². The highest BCUT2D eigenvalue weighted by atomic mass is 19.4. The maximum absolute atomic E-state index is 12.7. The largest absolute Gasteiger partial charge is 0.390 e. The molecule has 1 saturated carbocycles. The number of nitrogens with one attached hydrogen (secondary N) is 1. The Balaban J connectivity index is 1.69. The number of benzene rings is 1. The van der Waals surface area contributed by atoms with E-state index in [0.29, 0.717) is 5.92 Å². The number of alkyl halides is 3. The first kappa shape index (κ1) is 13.3. The van der Waals surface area contributed by atoms with Gasteiger partial charge < -0.3 is 5.32 Å². The van der Waals surface area contributed by atoms with Crippen LogP contribution >= 0.6 is 0 Å². The lowest BCUT2D eigenvalue weighted by Gasteiger charge is -2.36. The second-order valence-corrected chi connectivity index (χ2v) is 4.74. The third-order valence-electron chi connectivity index (χ3n) is 3.32. The minimum absolute atomic E-state index is 0.0235. The zero-order chi connectivity index (χ0) is 13.2. The first-order valence-electron chi connectivity index (χ1n) is 5.99. The van der Waals surface area contributed by atoms with Crippen LogP contribution in [0.25, 0.3) is 0 Å². The highest BCUT2D eigenvalue weighted by Gasteiger charge is 2.31. The highest BCUT2D eigenvalue weighted by Crippen LogP contribution is 2.36. The predicted molar refractivity (Wildman–Crippen MR) is 60.8 cm³/mol. The first-order chi connectivity index (χ1) is 8.44. The minimum Gasteiger partial charge on any atom is -0.314 e. The van der Waals surface area contributed by atoms with Crippen LogP contribution in [-0.4, -0.2) is 18.8 Å². The molecule has 1 aromatic carbocycles. The van der Waals surface area contributed by atoms with Crippen LogP contribution in [0.5, 0.6) is 0 Å². The molecule has 0 saturated heterocycles. The summed E-state index contributed by atoms with van der Waals surface area (Å²) in [6, 6.07) is 6.47. The molecule has 100 valence electrons. The van der Waals surface area contributed by atoms with E-state index in [1.807, 2.05) is 0 Å². The van der Waals surface area contributed by atoms with Crippen molar-refractivity contribution < 1.29 is 17.6 Å². The average molecular weight is 261 g/mol. The van der Waals surface area contributed by atoms with Gasteiger partial charge in [0.2, 0.25) is 0 Å². The van der Waals surface area contributed by atoms with Gasteiger partial charge in [-0.25, -0.2) is 4.39 Å². The smallest absolute Gasteiger partial charge is 0.314 e. The Morgan fingerprint density at radius 1 is 1.11 bits per heavy atom. The van der Waals surface area contributed by atoms with E-state index in [0.717, 1.165) is 18.4 Å². The summed E-state index contributed by atoms with van der Waals surface area (Å²) >= 11 is 0. The number of halogens is 4. The topological polar surface area (TPSA) is 12.0 Å². The highest BCUT2D eigenvalue weighted by molar-refractivity contribution is 5.23. The molecule has 0 heterocycles. The molecule has 0 amide bonds. The number of hydrogen-bond acceptors (Lipinski definition) is 1. The van der Waals surface area contributed by atoms with E-state index in [9.17, 15) is 17.6 Å². The molecule has 1 N–H and O–H groups in total. The molecule has 1 aliphatic carbocycles. The van der Waals surface area contributed by atoms with Gasteiger partial charge in [0, 0.05) is 12.6 Å². The lowest BCUT2D eigenvalue weighted by atomic mass is 9.76. The number of rotatable bonds is 4. The van der Waals surface area contributed by atoms with Crippen LogP contribution in [0.15, 0.2) is 24.3 Å². The molecule has 0 unspecified atom stereocenters. The van der Waals surface area contributed by atoms with Crippen molar-refractivity contribution in [2.75, 3.05) is 6.54 Å². The second kappa shape index (κ2) is 5.26. The monoisotopic (exact) mass is 261 g/mol. The Morgan fingerprint density at radius 2 is 1.72 bits per heavy atom. The fourth-order valence-electron chi connectivity index (χ4n) is 2.21. The Bertz CT molecular complexity index is 379. The molecule has 1 aliphatic rings. The normalized spacial score (nSPS) is 23.8. The van der Waals surface area contributed by atoms with Crippen LogP contribution < -0.4 is 5.32 Å². The SMILES string of the molecule is Fc1ccc(C2CC(NCCC(F)(F)F)C2)cc1. The molecule has 18 heavy (non-hydrogen) atoms. The molecule has 2 rings (SSSR count). The van der Waals surface area contributed by atoms with Gasteiger partial charge in [-0.2, -0.15) is 13.2 Å². The molecule has 0 aromatic heterocycles. The van der Waals surface area contributed by atoms with Crippen molar-refractivity contribution in [3.63, 3.8) is 0 Å². The van der Waals surface area contributed by atoms with E-state index >= 15 is 0 Å². The first-order valence-corrected chi connectivity index (χ1v) is 5.99. The lowest BCUT2D eigenvalue weighted by Crippen LogP contribution is -2.41. The molecule has 0 spiro atoms. The van der Waals surface area contributed by atoms with E-state index in [4.69, 9.17) is 0 Å². The maximum atomic E-state index is 12.7. The Labute approximate surface area is 103 Å². The molecule has 1 aromatic rings. The summed E-state index contributed by atoms with van der Waals surface area (Å²) in [5.74, 6) is 0.0758. The van der Waals surface area contributed by atoms with Crippen molar-refractivity contribution >= 4 is 0 Å². The standard InChI is InChI=1S/C13H15F4N/c14-11-3-1-9(2-4-11)10-7-12(8-10)18-6-5-13(15,16)17/h1-4,10,12,18H,5-8H2. The number of hydrogen-bond donors (Lipinski definition) is 1. The van der Waals surface area contributed by atoms with Gasteiger partial charge in [-0.3, -0.25) is 0 Å². The molecule has 5 heteroatoms. The fraction of sp³-hybridized carbons (Fsp3) is 0.538. The molecule has 0 atom stereocenters. The predicted octanol–water partition coefficient (Wildman–Crippen LogP) is 3.61. The molecule has 0 bridgehead atoms. The van der Waals surface area contributed by atoms with Crippen molar-refractivity contribution in [1.82, 2.24) is 5.32 Å².